The first kappa shape index (κ1) is 24.8. The number of nitrogens with zero attached hydrogens (tertiary/aromatic N) is 5. The minimum absolute atomic E-state index is 0.207. The molecule has 0 bridgehead atoms. The number of rotatable bonds is 4. The van der Waals surface area contributed by atoms with E-state index in [9.17, 15) is 19.1 Å². The largest absolute Gasteiger partial charge is 0.477 e. The topological polar surface area (TPSA) is 119 Å². The smallest absolute Gasteiger partial charge is 0.341 e. The number of H-pyrrole nitrogens is 1. The molecule has 0 atom stereocenters. The van der Waals surface area contributed by atoms with Gasteiger partial charge in [-0.25, -0.2) is 19.2 Å². The van der Waals surface area contributed by atoms with Crippen LogP contribution in [0.15, 0.2) is 41.6 Å². The van der Waals surface area contributed by atoms with E-state index in [-0.39, 0.29) is 16.8 Å². The number of aryl methyl sites for hydroxylation is 1. The molecule has 11 heteroatoms. The summed E-state index contributed by atoms with van der Waals surface area (Å²) in [6.07, 6.45) is 5.64. The highest BCUT2D eigenvalue weighted by Gasteiger charge is 2.24. The van der Waals surface area contributed by atoms with Gasteiger partial charge in [-0.15, -0.1) is 0 Å². The van der Waals surface area contributed by atoms with Crippen molar-refractivity contribution in [2.45, 2.75) is 6.42 Å². The Morgan fingerprint density at radius 3 is 2.67 bits per heavy atom. The minimum atomic E-state index is -1.29. The molecule has 39 heavy (non-hydrogen) atoms. The Bertz CT molecular complexity index is 1850. The van der Waals surface area contributed by atoms with E-state index in [4.69, 9.17) is 4.98 Å². The van der Waals surface area contributed by atoms with Gasteiger partial charge in [0.2, 0.25) is 5.43 Å². The Labute approximate surface area is 222 Å². The number of aromatic carboxylic acids is 1. The van der Waals surface area contributed by atoms with E-state index in [0.29, 0.717) is 27.9 Å². The fraction of sp³-hybridized carbons (Fsp3) is 0.286. The molecule has 10 nitrogen and oxygen atoms in total. The lowest BCUT2D eigenvalue weighted by Crippen LogP contribution is -2.29. The van der Waals surface area contributed by atoms with Gasteiger partial charge >= 0.3 is 5.97 Å². The van der Waals surface area contributed by atoms with Crippen LogP contribution in [0.5, 0.6) is 0 Å². The third kappa shape index (κ3) is 4.06. The highest BCUT2D eigenvalue weighted by atomic mass is 19.1. The Morgan fingerprint density at radius 1 is 1.08 bits per heavy atom. The molecule has 5 aromatic rings. The molecule has 200 valence electrons. The molecule has 4 aromatic heterocycles. The summed E-state index contributed by atoms with van der Waals surface area (Å²) < 4.78 is 16.3. The zero-order valence-corrected chi connectivity index (χ0v) is 21.9. The van der Waals surface area contributed by atoms with E-state index in [2.05, 4.69) is 32.1 Å². The number of benzene rings is 1. The summed E-state index contributed by atoms with van der Waals surface area (Å²) in [5.41, 5.74) is 3.72. The third-order valence-corrected chi connectivity index (χ3v) is 7.53. The van der Waals surface area contributed by atoms with Crippen molar-refractivity contribution in [3.05, 3.63) is 58.4 Å². The SMILES string of the molecule is CNc1cc(F)cc2c1[nH]c1ncc(-c3cnc4c(c3)c(=O)c(C(=O)O)cn4C)c(N3CCCN(C)CC3)c12. The molecule has 1 saturated heterocycles. The quantitative estimate of drug-likeness (QED) is 0.323. The van der Waals surface area contributed by atoms with Crippen LogP contribution in [0.4, 0.5) is 15.8 Å². The number of aromatic amines is 1. The van der Waals surface area contributed by atoms with E-state index >= 15 is 0 Å². The molecule has 1 aliphatic heterocycles. The number of aromatic nitrogens is 4. The standard InChI is InChI=1S/C28H28FN7O3/c1-30-21-11-16(29)10-17-22-24(36-6-4-5-34(2)7-8-36)19(13-31-26(22)33-23(17)21)15-9-18-25(37)20(28(38)39)14-35(3)27(18)32-12-15/h9-14,30H,4-8H2,1-3H3,(H,31,33)(H,38,39). The highest BCUT2D eigenvalue weighted by molar-refractivity contribution is 6.17. The molecule has 0 radical (unpaired) electrons. The van der Waals surface area contributed by atoms with Gasteiger partial charge in [0.25, 0.3) is 0 Å². The number of hydrogen-bond acceptors (Lipinski definition) is 7. The number of likely N-dealkylation sites (N-methyl/N-ethyl adjacent to an activating group) is 1. The number of hydrogen-bond donors (Lipinski definition) is 3. The second kappa shape index (κ2) is 9.35. The first-order chi connectivity index (χ1) is 18.8. The predicted molar refractivity (Wildman–Crippen MR) is 150 cm³/mol. The third-order valence-electron chi connectivity index (χ3n) is 7.53. The minimum Gasteiger partial charge on any atom is -0.477 e. The van der Waals surface area contributed by atoms with Crippen LogP contribution in [-0.2, 0) is 7.05 Å². The first-order valence-electron chi connectivity index (χ1n) is 12.7. The highest BCUT2D eigenvalue weighted by Crippen LogP contribution is 2.42. The molecule has 3 N–H and O–H groups in total. The van der Waals surface area contributed by atoms with Crippen LogP contribution >= 0.6 is 0 Å². The van der Waals surface area contributed by atoms with Crippen LogP contribution in [0.2, 0.25) is 0 Å². The molecule has 6 rings (SSSR count). The zero-order chi connectivity index (χ0) is 27.4. The van der Waals surface area contributed by atoms with Gasteiger partial charge in [0.1, 0.15) is 22.7 Å². The molecule has 0 unspecified atom stereocenters. The Hall–Kier alpha value is -4.51. The van der Waals surface area contributed by atoms with Crippen molar-refractivity contribution in [1.29, 1.82) is 0 Å². The number of halogens is 1. The number of carbonyl (C=O) groups is 1. The summed E-state index contributed by atoms with van der Waals surface area (Å²) in [5, 5.41) is 14.3. The van der Waals surface area contributed by atoms with E-state index in [1.807, 2.05) is 0 Å². The van der Waals surface area contributed by atoms with E-state index < -0.39 is 11.4 Å². The lowest BCUT2D eigenvalue weighted by Gasteiger charge is -2.26. The molecule has 0 saturated carbocycles. The van der Waals surface area contributed by atoms with Gasteiger partial charge in [0, 0.05) is 68.8 Å². The predicted octanol–water partition coefficient (Wildman–Crippen LogP) is 3.65. The van der Waals surface area contributed by atoms with E-state index in [1.54, 1.807) is 37.1 Å². The maximum Gasteiger partial charge on any atom is 0.341 e. The first-order valence-corrected chi connectivity index (χ1v) is 12.7. The summed E-state index contributed by atoms with van der Waals surface area (Å²) in [4.78, 5) is 42.0. The van der Waals surface area contributed by atoms with Crippen molar-refractivity contribution in [1.82, 2.24) is 24.4 Å². The maximum atomic E-state index is 14.8. The van der Waals surface area contributed by atoms with E-state index in [0.717, 1.165) is 54.8 Å². The molecular formula is C28H28FN7O3. The molecule has 1 fully saturated rings. The Morgan fingerprint density at radius 2 is 1.90 bits per heavy atom. The van der Waals surface area contributed by atoms with Gasteiger partial charge in [-0.3, -0.25) is 4.79 Å². The van der Waals surface area contributed by atoms with Gasteiger partial charge in [0.05, 0.1) is 27.7 Å². The number of pyridine rings is 3. The maximum absolute atomic E-state index is 14.8. The fourth-order valence-corrected chi connectivity index (χ4v) is 5.58. The molecule has 0 amide bonds. The number of nitrogens with one attached hydrogen (secondary N) is 2. The lowest BCUT2D eigenvalue weighted by molar-refractivity contribution is 0.0695. The second-order valence-corrected chi connectivity index (χ2v) is 10.0. The van der Waals surface area contributed by atoms with Crippen molar-refractivity contribution in [2.24, 2.45) is 7.05 Å². The monoisotopic (exact) mass is 529 g/mol. The summed E-state index contributed by atoms with van der Waals surface area (Å²) in [6, 6.07) is 4.64. The van der Waals surface area contributed by atoms with Crippen LogP contribution < -0.4 is 15.6 Å². The average Bonchev–Trinajstić information content (AvgIpc) is 3.15. The lowest BCUT2D eigenvalue weighted by atomic mass is 10.0. The van der Waals surface area contributed by atoms with Crippen LogP contribution in [0.25, 0.3) is 44.1 Å². The second-order valence-electron chi connectivity index (χ2n) is 10.0. The van der Waals surface area contributed by atoms with Gasteiger partial charge in [-0.2, -0.15) is 0 Å². The Kier molecular flexibility index (Phi) is 5.95. The molecule has 0 aliphatic carbocycles. The van der Waals surface area contributed by atoms with Gasteiger partial charge in [-0.1, -0.05) is 0 Å². The summed E-state index contributed by atoms with van der Waals surface area (Å²) >= 11 is 0. The van der Waals surface area contributed by atoms with Gasteiger partial charge < -0.3 is 29.8 Å². The normalized spacial score (nSPS) is 14.8. The van der Waals surface area contributed by atoms with Crippen molar-refractivity contribution < 1.29 is 14.3 Å². The van der Waals surface area contributed by atoms with Gasteiger partial charge in [-0.05, 0) is 38.2 Å². The Balaban J connectivity index is 1.68. The number of anilines is 2. The van der Waals surface area contributed by atoms with Crippen LogP contribution in [0, 0.1) is 5.82 Å². The van der Waals surface area contributed by atoms with E-state index in [1.165, 1.54) is 18.3 Å². The molecule has 1 aliphatic rings. The molecular weight excluding hydrogens is 501 g/mol. The van der Waals surface area contributed by atoms with Crippen LogP contribution in [0.3, 0.4) is 0 Å². The number of carboxylic acid groups (broad SMARTS) is 1. The van der Waals surface area contributed by atoms with Crippen molar-refractivity contribution in [2.75, 3.05) is 50.5 Å². The van der Waals surface area contributed by atoms with Crippen molar-refractivity contribution in [3.63, 3.8) is 0 Å². The number of carboxylic acids is 1. The molecule has 1 aromatic carbocycles. The summed E-state index contributed by atoms with van der Waals surface area (Å²) in [7, 11) is 5.50. The molecule has 5 heterocycles. The molecule has 0 spiro atoms. The number of fused-ring (bicyclic) bond motifs is 4. The van der Waals surface area contributed by atoms with Gasteiger partial charge in [0.15, 0.2) is 0 Å². The average molecular weight is 530 g/mol. The van der Waals surface area contributed by atoms with Crippen LogP contribution in [0.1, 0.15) is 16.8 Å². The van der Waals surface area contributed by atoms with Crippen molar-refractivity contribution >= 4 is 50.3 Å². The summed E-state index contributed by atoms with van der Waals surface area (Å²) in [6.45, 7) is 3.33. The van der Waals surface area contributed by atoms with Crippen LogP contribution in [-0.4, -0.2) is 75.8 Å². The fourth-order valence-electron chi connectivity index (χ4n) is 5.58. The summed E-state index contributed by atoms with van der Waals surface area (Å²) in [5.74, 6) is -1.65. The zero-order valence-electron chi connectivity index (χ0n) is 21.9. The van der Waals surface area contributed by atoms with Crippen molar-refractivity contribution in [3.8, 4) is 11.1 Å².